The van der Waals surface area contributed by atoms with E-state index in [9.17, 15) is 9.59 Å². The first-order valence-corrected chi connectivity index (χ1v) is 6.65. The van der Waals surface area contributed by atoms with Crippen LogP contribution in [0.2, 0.25) is 0 Å². The lowest BCUT2D eigenvalue weighted by atomic mass is 10.4. The number of hydrogen-bond donors (Lipinski definition) is 1. The molecule has 0 fully saturated rings. The van der Waals surface area contributed by atoms with Crippen molar-refractivity contribution >= 4 is 17.2 Å². The largest absolute Gasteiger partial charge is 0.370 e. The average molecular weight is 274 g/mol. The molecule has 0 radical (unpaired) electrons. The van der Waals surface area contributed by atoms with Crippen molar-refractivity contribution in [3.63, 3.8) is 0 Å². The van der Waals surface area contributed by atoms with E-state index in [2.05, 4.69) is 10.3 Å². The zero-order chi connectivity index (χ0) is 14.5. The molecule has 0 aliphatic carbocycles. The summed E-state index contributed by atoms with van der Waals surface area (Å²) < 4.78 is 1.45. The van der Waals surface area contributed by atoms with Crippen LogP contribution in [0.4, 0.5) is 5.69 Å². The van der Waals surface area contributed by atoms with Crippen LogP contribution in [0.3, 0.4) is 0 Å². The van der Waals surface area contributed by atoms with Crippen LogP contribution in [0.15, 0.2) is 35.4 Å². The minimum absolute atomic E-state index is 0.0347. The number of carbonyl (C=O) groups is 1. The molecule has 2 rings (SSSR count). The summed E-state index contributed by atoms with van der Waals surface area (Å²) in [6.45, 7) is 5.26. The predicted molar refractivity (Wildman–Crippen MR) is 77.9 cm³/mol. The number of carbonyl (C=O) groups excluding carboxylic acids is 1. The highest BCUT2D eigenvalue weighted by Crippen LogP contribution is 2.01. The van der Waals surface area contributed by atoms with Crippen LogP contribution in [-0.4, -0.2) is 39.8 Å². The lowest BCUT2D eigenvalue weighted by Gasteiger charge is -2.18. The molecule has 106 valence electrons. The van der Waals surface area contributed by atoms with E-state index in [1.54, 1.807) is 23.2 Å². The van der Waals surface area contributed by atoms with Gasteiger partial charge >= 0.3 is 0 Å². The van der Waals surface area contributed by atoms with E-state index in [0.717, 1.165) is 0 Å². The number of rotatable bonds is 5. The van der Waals surface area contributed by atoms with Crippen LogP contribution in [0, 0.1) is 0 Å². The van der Waals surface area contributed by atoms with Gasteiger partial charge in [0.05, 0.1) is 12.7 Å². The Morgan fingerprint density at radius 1 is 1.35 bits per heavy atom. The van der Waals surface area contributed by atoms with Crippen LogP contribution >= 0.6 is 0 Å². The second kappa shape index (κ2) is 6.18. The van der Waals surface area contributed by atoms with Gasteiger partial charge < -0.3 is 10.2 Å². The van der Waals surface area contributed by atoms with Crippen LogP contribution in [-0.2, 0) is 4.79 Å². The molecule has 2 aromatic heterocycles. The summed E-state index contributed by atoms with van der Waals surface area (Å²) in [5.41, 5.74) is 0.704. The number of pyridine rings is 1. The highest BCUT2D eigenvalue weighted by atomic mass is 16.2. The smallest absolute Gasteiger partial charge is 0.281 e. The van der Waals surface area contributed by atoms with Crippen LogP contribution in [0.1, 0.15) is 13.8 Å². The third-order valence-electron chi connectivity index (χ3n) is 3.16. The van der Waals surface area contributed by atoms with Crippen molar-refractivity contribution in [3.05, 3.63) is 40.9 Å². The van der Waals surface area contributed by atoms with Gasteiger partial charge in [-0.2, -0.15) is 0 Å². The van der Waals surface area contributed by atoms with Gasteiger partial charge in [-0.05, 0) is 26.0 Å². The second-order valence-corrected chi connectivity index (χ2v) is 4.33. The fourth-order valence-electron chi connectivity index (χ4n) is 2.01. The molecule has 0 saturated carbocycles. The fraction of sp³-hybridized carbons (Fsp3) is 0.357. The molecule has 0 bridgehead atoms. The first kappa shape index (κ1) is 14.0. The topological polar surface area (TPSA) is 66.7 Å². The normalized spacial score (nSPS) is 10.5. The highest BCUT2D eigenvalue weighted by molar-refractivity contribution is 5.80. The molecule has 6 heteroatoms. The molecule has 2 aromatic rings. The Hall–Kier alpha value is -2.37. The standard InChI is InChI=1S/C14H18N4O2/c1-3-17(4-2)13(19)10-15-11-9-16-12-7-5-6-8-18(12)14(11)20/h5-9,15H,3-4,10H2,1-2H3. The van der Waals surface area contributed by atoms with Crippen molar-refractivity contribution in [2.75, 3.05) is 25.0 Å². The SMILES string of the molecule is CCN(CC)C(=O)CNc1cnc2ccccn2c1=O. The summed E-state index contributed by atoms with van der Waals surface area (Å²) in [5.74, 6) is -0.0347. The molecule has 6 nitrogen and oxygen atoms in total. The number of hydrogen-bond acceptors (Lipinski definition) is 4. The maximum atomic E-state index is 12.2. The molecular weight excluding hydrogens is 256 g/mol. The molecular formula is C14H18N4O2. The Morgan fingerprint density at radius 3 is 2.80 bits per heavy atom. The Morgan fingerprint density at radius 2 is 2.10 bits per heavy atom. The van der Waals surface area contributed by atoms with Crippen molar-refractivity contribution in [1.29, 1.82) is 0 Å². The third-order valence-corrected chi connectivity index (χ3v) is 3.16. The third kappa shape index (κ3) is 2.79. The van der Waals surface area contributed by atoms with Gasteiger partial charge in [-0.1, -0.05) is 6.07 Å². The van der Waals surface area contributed by atoms with E-state index in [0.29, 0.717) is 24.4 Å². The number of likely N-dealkylation sites (N-methyl/N-ethyl adjacent to an activating group) is 1. The van der Waals surface area contributed by atoms with Gasteiger partial charge in [-0.3, -0.25) is 14.0 Å². The molecule has 2 heterocycles. The maximum Gasteiger partial charge on any atom is 0.281 e. The summed E-state index contributed by atoms with van der Waals surface area (Å²) in [7, 11) is 0. The Bertz CT molecular complexity index is 662. The quantitative estimate of drug-likeness (QED) is 0.882. The summed E-state index contributed by atoms with van der Waals surface area (Å²) in [4.78, 5) is 30.0. The number of aromatic nitrogens is 2. The van der Waals surface area contributed by atoms with Gasteiger partial charge in [0, 0.05) is 19.3 Å². The molecule has 0 unspecified atom stereocenters. The highest BCUT2D eigenvalue weighted by Gasteiger charge is 2.10. The van der Waals surface area contributed by atoms with Gasteiger partial charge in [0.15, 0.2) is 0 Å². The van der Waals surface area contributed by atoms with Crippen LogP contribution in [0.25, 0.3) is 5.65 Å². The zero-order valence-corrected chi connectivity index (χ0v) is 11.7. The Kier molecular flexibility index (Phi) is 4.34. The van der Waals surface area contributed by atoms with E-state index in [1.165, 1.54) is 10.6 Å². The number of amides is 1. The average Bonchev–Trinajstić information content (AvgIpc) is 2.48. The maximum absolute atomic E-state index is 12.2. The van der Waals surface area contributed by atoms with E-state index in [-0.39, 0.29) is 18.0 Å². The van der Waals surface area contributed by atoms with Gasteiger partial charge in [0.25, 0.3) is 5.56 Å². The van der Waals surface area contributed by atoms with Gasteiger partial charge in [-0.25, -0.2) is 4.98 Å². The van der Waals surface area contributed by atoms with Crippen LogP contribution in [0.5, 0.6) is 0 Å². The lowest BCUT2D eigenvalue weighted by Crippen LogP contribution is -2.36. The lowest BCUT2D eigenvalue weighted by molar-refractivity contribution is -0.128. The molecule has 0 spiro atoms. The second-order valence-electron chi connectivity index (χ2n) is 4.33. The van der Waals surface area contributed by atoms with Gasteiger partial charge in [0.2, 0.25) is 5.91 Å². The summed E-state index contributed by atoms with van der Waals surface area (Å²) in [6, 6.07) is 5.34. The first-order chi connectivity index (χ1) is 9.67. The minimum Gasteiger partial charge on any atom is -0.370 e. The zero-order valence-electron chi connectivity index (χ0n) is 11.7. The van der Waals surface area contributed by atoms with Crippen molar-refractivity contribution in [1.82, 2.24) is 14.3 Å². The molecule has 0 aliphatic heterocycles. The van der Waals surface area contributed by atoms with Crippen LogP contribution < -0.4 is 10.9 Å². The predicted octanol–water partition coefficient (Wildman–Crippen LogP) is 0.975. The summed E-state index contributed by atoms with van der Waals surface area (Å²) in [5, 5.41) is 2.87. The molecule has 0 aliphatic rings. The minimum atomic E-state index is -0.206. The van der Waals surface area contributed by atoms with Gasteiger partial charge in [-0.15, -0.1) is 0 Å². The monoisotopic (exact) mass is 274 g/mol. The molecule has 1 amide bonds. The number of nitrogens with one attached hydrogen (secondary N) is 1. The van der Waals surface area contributed by atoms with E-state index >= 15 is 0 Å². The number of fused-ring (bicyclic) bond motifs is 1. The molecule has 0 saturated heterocycles. The first-order valence-electron chi connectivity index (χ1n) is 6.65. The molecule has 20 heavy (non-hydrogen) atoms. The van der Waals surface area contributed by atoms with E-state index in [1.807, 2.05) is 19.9 Å². The van der Waals surface area contributed by atoms with Crippen molar-refractivity contribution < 1.29 is 4.79 Å². The Balaban J connectivity index is 2.17. The number of anilines is 1. The van der Waals surface area contributed by atoms with Gasteiger partial charge in [0.1, 0.15) is 11.3 Å². The van der Waals surface area contributed by atoms with E-state index < -0.39 is 0 Å². The van der Waals surface area contributed by atoms with E-state index in [4.69, 9.17) is 0 Å². The molecule has 0 aromatic carbocycles. The molecule has 1 N–H and O–H groups in total. The van der Waals surface area contributed by atoms with Crippen molar-refractivity contribution in [2.45, 2.75) is 13.8 Å². The Labute approximate surface area is 117 Å². The summed E-state index contributed by atoms with van der Waals surface area (Å²) in [6.07, 6.45) is 3.12. The summed E-state index contributed by atoms with van der Waals surface area (Å²) >= 11 is 0. The van der Waals surface area contributed by atoms with Crippen molar-refractivity contribution in [2.24, 2.45) is 0 Å². The van der Waals surface area contributed by atoms with Crippen molar-refractivity contribution in [3.8, 4) is 0 Å². The molecule has 0 atom stereocenters. The number of nitrogens with zero attached hydrogens (tertiary/aromatic N) is 3. The fourth-order valence-corrected chi connectivity index (χ4v) is 2.01.